The quantitative estimate of drug-likeness (QED) is 0.488. The molecule has 6 nitrogen and oxygen atoms in total. The highest BCUT2D eigenvalue weighted by Gasteiger charge is 2.11. The van der Waals surface area contributed by atoms with Crippen molar-refractivity contribution in [1.82, 2.24) is 9.97 Å². The number of pyridine rings is 2. The zero-order valence-corrected chi connectivity index (χ0v) is 10.4. The number of halogens is 1. The highest BCUT2D eigenvalue weighted by atomic mass is 35.5. The van der Waals surface area contributed by atoms with Crippen LogP contribution in [0.25, 0.3) is 0 Å². The van der Waals surface area contributed by atoms with Gasteiger partial charge in [-0.15, -0.1) is 10.1 Å². The molecule has 0 saturated heterocycles. The van der Waals surface area contributed by atoms with E-state index in [1.807, 2.05) is 0 Å². The van der Waals surface area contributed by atoms with Gasteiger partial charge in [0.2, 0.25) is 0 Å². The third-order valence-electron chi connectivity index (χ3n) is 1.80. The second kappa shape index (κ2) is 5.65. The second-order valence-electron chi connectivity index (χ2n) is 3.02. The largest absolute Gasteiger partial charge is 0.299 e. The first-order chi connectivity index (χ1) is 8.65. The van der Waals surface area contributed by atoms with Gasteiger partial charge in [0.15, 0.2) is 5.75 Å². The first-order valence-electron chi connectivity index (χ1n) is 4.73. The van der Waals surface area contributed by atoms with Gasteiger partial charge in [0, 0.05) is 6.20 Å². The van der Waals surface area contributed by atoms with Crippen molar-refractivity contribution in [2.45, 2.75) is 10.1 Å². The van der Waals surface area contributed by atoms with Crippen LogP contribution in [0.1, 0.15) is 0 Å². The van der Waals surface area contributed by atoms with Crippen molar-refractivity contribution in [3.8, 4) is 5.75 Å². The molecule has 0 saturated carbocycles. The highest BCUT2D eigenvalue weighted by Crippen LogP contribution is 2.33. The van der Waals surface area contributed by atoms with Crippen molar-refractivity contribution >= 4 is 23.4 Å². The zero-order valence-electron chi connectivity index (χ0n) is 8.82. The first-order valence-corrected chi connectivity index (χ1v) is 5.92. The zero-order chi connectivity index (χ0) is 13.0. The van der Waals surface area contributed by atoms with Crippen LogP contribution < -0.4 is 4.84 Å². The summed E-state index contributed by atoms with van der Waals surface area (Å²) in [5.41, 5.74) is 0. The molecule has 8 heteroatoms. The minimum absolute atomic E-state index is 0.0278. The molecule has 0 aliphatic rings. The molecule has 2 heterocycles. The van der Waals surface area contributed by atoms with Gasteiger partial charge in [0.25, 0.3) is 5.09 Å². The summed E-state index contributed by atoms with van der Waals surface area (Å²) >= 11 is 6.88. The molecular formula is C10H6ClN3O3S. The molecule has 0 fully saturated rings. The summed E-state index contributed by atoms with van der Waals surface area (Å²) in [7, 11) is 0. The summed E-state index contributed by atoms with van der Waals surface area (Å²) in [6, 6.07) is 8.13. The van der Waals surface area contributed by atoms with E-state index in [-0.39, 0.29) is 15.9 Å². The summed E-state index contributed by atoms with van der Waals surface area (Å²) in [4.78, 5) is 22.8. The van der Waals surface area contributed by atoms with E-state index in [1.54, 1.807) is 24.4 Å². The molecule has 0 aliphatic carbocycles. The Morgan fingerprint density at radius 2 is 2.17 bits per heavy atom. The van der Waals surface area contributed by atoms with Crippen LogP contribution in [0.15, 0.2) is 46.6 Å². The van der Waals surface area contributed by atoms with Crippen molar-refractivity contribution in [2.75, 3.05) is 0 Å². The standard InChI is InChI=1S/C10H6ClN3O3S/c11-8-5-4-7(17-14(15)16)10(13-8)18-9-3-1-2-6-12-9/h1-6H. The van der Waals surface area contributed by atoms with E-state index in [0.717, 1.165) is 11.8 Å². The predicted molar refractivity (Wildman–Crippen MR) is 65.2 cm³/mol. The van der Waals surface area contributed by atoms with Gasteiger partial charge in [-0.3, -0.25) is 4.84 Å². The van der Waals surface area contributed by atoms with Gasteiger partial charge in [-0.1, -0.05) is 17.7 Å². The van der Waals surface area contributed by atoms with Crippen LogP contribution in [0, 0.1) is 10.1 Å². The Kier molecular flexibility index (Phi) is 3.96. The molecule has 0 radical (unpaired) electrons. The Hall–Kier alpha value is -1.86. The van der Waals surface area contributed by atoms with Crippen LogP contribution in [0.2, 0.25) is 5.15 Å². The van der Waals surface area contributed by atoms with Gasteiger partial charge < -0.3 is 0 Å². The van der Waals surface area contributed by atoms with E-state index in [1.165, 1.54) is 12.1 Å². The molecule has 18 heavy (non-hydrogen) atoms. The topological polar surface area (TPSA) is 78.2 Å². The Bertz CT molecular complexity index is 568. The summed E-state index contributed by atoms with van der Waals surface area (Å²) < 4.78 is 0. The fourth-order valence-electron chi connectivity index (χ4n) is 1.13. The molecule has 2 aromatic rings. The van der Waals surface area contributed by atoms with Crippen molar-refractivity contribution in [1.29, 1.82) is 0 Å². The van der Waals surface area contributed by atoms with Crippen molar-refractivity contribution in [2.24, 2.45) is 0 Å². The first kappa shape index (κ1) is 12.6. The van der Waals surface area contributed by atoms with Crippen LogP contribution in [0.4, 0.5) is 0 Å². The summed E-state index contributed by atoms with van der Waals surface area (Å²) in [5.74, 6) is 0.0278. The van der Waals surface area contributed by atoms with Gasteiger partial charge >= 0.3 is 0 Å². The molecule has 0 unspecified atom stereocenters. The van der Waals surface area contributed by atoms with Gasteiger partial charge in [0.05, 0.1) is 0 Å². The number of aromatic nitrogens is 2. The minimum Gasteiger partial charge on any atom is -0.273 e. The lowest BCUT2D eigenvalue weighted by molar-refractivity contribution is -0.711. The number of rotatable bonds is 4. The Morgan fingerprint density at radius 3 is 2.83 bits per heavy atom. The average Bonchev–Trinajstić information content (AvgIpc) is 2.33. The van der Waals surface area contributed by atoms with Crippen molar-refractivity contribution in [3.63, 3.8) is 0 Å². The molecule has 2 aromatic heterocycles. The smallest absolute Gasteiger partial charge is 0.273 e. The number of hydrogen-bond acceptors (Lipinski definition) is 6. The van der Waals surface area contributed by atoms with Gasteiger partial charge in [-0.25, -0.2) is 9.97 Å². The summed E-state index contributed by atoms with van der Waals surface area (Å²) in [6.45, 7) is 0. The maximum absolute atomic E-state index is 10.4. The molecule has 92 valence electrons. The molecule has 0 aliphatic heterocycles. The minimum atomic E-state index is -0.895. The third-order valence-corrected chi connectivity index (χ3v) is 2.95. The lowest BCUT2D eigenvalue weighted by Gasteiger charge is -2.05. The second-order valence-corrected chi connectivity index (χ2v) is 4.42. The van der Waals surface area contributed by atoms with E-state index in [0.29, 0.717) is 5.03 Å². The van der Waals surface area contributed by atoms with Crippen LogP contribution in [0.5, 0.6) is 5.75 Å². The van der Waals surface area contributed by atoms with E-state index in [9.17, 15) is 10.1 Å². The van der Waals surface area contributed by atoms with E-state index < -0.39 is 5.09 Å². The lowest BCUT2D eigenvalue weighted by atomic mass is 10.5. The predicted octanol–water partition coefficient (Wildman–Crippen LogP) is 2.85. The molecule has 0 atom stereocenters. The molecule has 0 bridgehead atoms. The maximum atomic E-state index is 10.4. The van der Waals surface area contributed by atoms with Crippen LogP contribution in [-0.4, -0.2) is 15.1 Å². The fraction of sp³-hybridized carbons (Fsp3) is 0. The molecule has 0 N–H and O–H groups in total. The number of nitrogens with zero attached hydrogens (tertiary/aromatic N) is 3. The van der Waals surface area contributed by atoms with Crippen molar-refractivity contribution < 1.29 is 9.92 Å². The molecule has 2 rings (SSSR count). The molecule has 0 aromatic carbocycles. The Labute approximate surface area is 111 Å². The molecule has 0 amide bonds. The molecular weight excluding hydrogens is 278 g/mol. The average molecular weight is 284 g/mol. The molecule has 0 spiro atoms. The van der Waals surface area contributed by atoms with E-state index >= 15 is 0 Å². The van der Waals surface area contributed by atoms with Crippen LogP contribution in [0.3, 0.4) is 0 Å². The fourth-order valence-corrected chi connectivity index (χ4v) is 2.14. The Balaban J connectivity index is 2.30. The summed E-state index contributed by atoms with van der Waals surface area (Å²) in [5, 5.41) is 10.6. The van der Waals surface area contributed by atoms with Gasteiger partial charge in [-0.2, -0.15) is 0 Å². The van der Waals surface area contributed by atoms with Gasteiger partial charge in [-0.05, 0) is 36.0 Å². The number of hydrogen-bond donors (Lipinski definition) is 0. The Morgan fingerprint density at radius 1 is 1.33 bits per heavy atom. The normalized spacial score (nSPS) is 10.1. The maximum Gasteiger partial charge on any atom is 0.299 e. The van der Waals surface area contributed by atoms with Crippen molar-refractivity contribution in [3.05, 3.63) is 51.8 Å². The van der Waals surface area contributed by atoms with Gasteiger partial charge in [0.1, 0.15) is 15.2 Å². The third kappa shape index (κ3) is 3.31. The summed E-state index contributed by atoms with van der Waals surface area (Å²) in [6.07, 6.45) is 1.61. The van der Waals surface area contributed by atoms with E-state index in [4.69, 9.17) is 11.6 Å². The SMILES string of the molecule is O=[N+]([O-])Oc1ccc(Cl)nc1Sc1ccccn1. The highest BCUT2D eigenvalue weighted by molar-refractivity contribution is 7.99. The monoisotopic (exact) mass is 283 g/mol. The van der Waals surface area contributed by atoms with Crippen LogP contribution in [-0.2, 0) is 0 Å². The van der Waals surface area contributed by atoms with Crippen LogP contribution >= 0.6 is 23.4 Å². The van der Waals surface area contributed by atoms with E-state index in [2.05, 4.69) is 14.8 Å². The lowest BCUT2D eigenvalue weighted by Crippen LogP contribution is -2.05.